The summed E-state index contributed by atoms with van der Waals surface area (Å²) < 4.78 is 24.0. The predicted octanol–water partition coefficient (Wildman–Crippen LogP) is 3.44. The Hall–Kier alpha value is -2.25. The molecular formula is C18H16N2O3S2. The van der Waals surface area contributed by atoms with Gasteiger partial charge in [0.05, 0.1) is 15.1 Å². The van der Waals surface area contributed by atoms with E-state index < -0.39 is 9.84 Å². The largest absolute Gasteiger partial charge is 0.302 e. The molecule has 3 aromatic rings. The molecule has 0 spiro atoms. The predicted molar refractivity (Wildman–Crippen MR) is 98.6 cm³/mol. The second kappa shape index (κ2) is 5.93. The third-order valence-corrected chi connectivity index (χ3v) is 6.42. The Balaban J connectivity index is 1.50. The van der Waals surface area contributed by atoms with Gasteiger partial charge in [0.25, 0.3) is 0 Å². The van der Waals surface area contributed by atoms with Gasteiger partial charge in [-0.2, -0.15) is 0 Å². The number of hydrogen-bond donors (Lipinski definition) is 1. The lowest BCUT2D eigenvalue weighted by Gasteiger charge is -2.01. The van der Waals surface area contributed by atoms with E-state index in [1.807, 2.05) is 30.3 Å². The smallest absolute Gasteiger partial charge is 0.229 e. The second-order valence-electron chi connectivity index (χ2n) is 6.27. The number of aromatic nitrogens is 1. The zero-order chi connectivity index (χ0) is 17.6. The van der Waals surface area contributed by atoms with Crippen LogP contribution in [0.5, 0.6) is 0 Å². The minimum Gasteiger partial charge on any atom is -0.302 e. The molecule has 5 nitrogen and oxygen atoms in total. The van der Waals surface area contributed by atoms with Crippen LogP contribution in [0, 0.1) is 5.92 Å². The first-order valence-electron chi connectivity index (χ1n) is 7.88. The highest BCUT2D eigenvalue weighted by molar-refractivity contribution is 7.90. The van der Waals surface area contributed by atoms with E-state index in [-0.39, 0.29) is 22.6 Å². The molecular weight excluding hydrogens is 356 g/mol. The number of amides is 1. The van der Waals surface area contributed by atoms with Gasteiger partial charge in [0.1, 0.15) is 0 Å². The van der Waals surface area contributed by atoms with Crippen LogP contribution in [-0.4, -0.2) is 25.6 Å². The monoisotopic (exact) mass is 372 g/mol. The second-order valence-corrected chi connectivity index (χ2v) is 9.32. The summed E-state index contributed by atoms with van der Waals surface area (Å²) in [5.41, 5.74) is 1.87. The normalized spacial score (nSPS) is 19.7. The fourth-order valence-corrected chi connectivity index (χ4v) is 4.57. The zero-order valence-corrected chi connectivity index (χ0v) is 15.1. The summed E-state index contributed by atoms with van der Waals surface area (Å²) in [6.45, 7) is 0. The number of rotatable bonds is 4. The third-order valence-electron chi connectivity index (χ3n) is 4.37. The average Bonchev–Trinajstić information content (AvgIpc) is 3.28. The van der Waals surface area contributed by atoms with E-state index in [0.29, 0.717) is 10.6 Å². The molecule has 1 fully saturated rings. The summed E-state index contributed by atoms with van der Waals surface area (Å²) >= 11 is 1.29. The van der Waals surface area contributed by atoms with Crippen molar-refractivity contribution < 1.29 is 13.2 Å². The van der Waals surface area contributed by atoms with E-state index in [1.54, 1.807) is 12.1 Å². The van der Waals surface area contributed by atoms with Crippen molar-refractivity contribution in [1.29, 1.82) is 0 Å². The lowest BCUT2D eigenvalue weighted by atomic mass is 10.1. The van der Waals surface area contributed by atoms with Crippen molar-refractivity contribution in [1.82, 2.24) is 4.98 Å². The maximum Gasteiger partial charge on any atom is 0.229 e. The van der Waals surface area contributed by atoms with Crippen molar-refractivity contribution in [2.75, 3.05) is 11.6 Å². The van der Waals surface area contributed by atoms with Gasteiger partial charge in [0, 0.05) is 12.2 Å². The van der Waals surface area contributed by atoms with Crippen LogP contribution >= 0.6 is 11.3 Å². The third kappa shape index (κ3) is 3.29. The minimum absolute atomic E-state index is 0.0269. The number of nitrogens with one attached hydrogen (secondary N) is 1. The van der Waals surface area contributed by atoms with Gasteiger partial charge < -0.3 is 5.32 Å². The van der Waals surface area contributed by atoms with Crippen molar-refractivity contribution in [3.8, 4) is 0 Å². The number of fused-ring (bicyclic) bond motifs is 1. The molecule has 2 unspecified atom stereocenters. The molecule has 25 heavy (non-hydrogen) atoms. The van der Waals surface area contributed by atoms with E-state index in [4.69, 9.17) is 0 Å². The number of anilines is 1. The maximum atomic E-state index is 12.4. The Labute approximate surface area is 149 Å². The van der Waals surface area contributed by atoms with Gasteiger partial charge in [-0.05, 0) is 36.1 Å². The van der Waals surface area contributed by atoms with Crippen LogP contribution in [0.15, 0.2) is 53.4 Å². The van der Waals surface area contributed by atoms with Gasteiger partial charge in [-0.1, -0.05) is 41.7 Å². The van der Waals surface area contributed by atoms with Gasteiger partial charge in [-0.25, -0.2) is 13.4 Å². The molecule has 7 heteroatoms. The zero-order valence-electron chi connectivity index (χ0n) is 13.5. The SMILES string of the molecule is CS(=O)(=O)c1ccc2nc(NC(=O)C3CC3c3ccccc3)sc2c1. The van der Waals surface area contributed by atoms with E-state index in [2.05, 4.69) is 10.3 Å². The van der Waals surface area contributed by atoms with Crippen molar-refractivity contribution in [2.24, 2.45) is 5.92 Å². The van der Waals surface area contributed by atoms with Crippen molar-refractivity contribution in [3.05, 3.63) is 54.1 Å². The van der Waals surface area contributed by atoms with Gasteiger partial charge >= 0.3 is 0 Å². The molecule has 0 aliphatic heterocycles. The first kappa shape index (κ1) is 16.2. The Morgan fingerprint density at radius 2 is 1.96 bits per heavy atom. The Bertz CT molecular complexity index is 1060. The Morgan fingerprint density at radius 3 is 2.68 bits per heavy atom. The van der Waals surface area contributed by atoms with Crippen LogP contribution in [0.1, 0.15) is 17.9 Å². The van der Waals surface area contributed by atoms with E-state index in [9.17, 15) is 13.2 Å². The fourth-order valence-electron chi connectivity index (χ4n) is 2.94. The number of sulfone groups is 1. The standard InChI is InChI=1S/C18H16N2O3S2/c1-25(22,23)12-7-8-15-16(9-12)24-18(19-15)20-17(21)14-10-13(14)11-5-3-2-4-6-11/h2-9,13-14H,10H2,1H3,(H,19,20,21). The van der Waals surface area contributed by atoms with E-state index in [0.717, 1.165) is 11.1 Å². The first-order chi connectivity index (χ1) is 11.9. The summed E-state index contributed by atoms with van der Waals surface area (Å²) in [4.78, 5) is 17.1. The highest BCUT2D eigenvalue weighted by atomic mass is 32.2. The summed E-state index contributed by atoms with van der Waals surface area (Å²) in [6, 6.07) is 14.8. The fraction of sp³-hybridized carbons (Fsp3) is 0.222. The molecule has 1 heterocycles. The Morgan fingerprint density at radius 1 is 1.20 bits per heavy atom. The molecule has 1 aliphatic rings. The molecule has 1 aromatic heterocycles. The quantitative estimate of drug-likeness (QED) is 0.761. The van der Waals surface area contributed by atoms with E-state index >= 15 is 0 Å². The van der Waals surface area contributed by atoms with Gasteiger partial charge in [-0.3, -0.25) is 4.79 Å². The molecule has 0 saturated heterocycles. The lowest BCUT2D eigenvalue weighted by molar-refractivity contribution is -0.117. The molecule has 1 aliphatic carbocycles. The van der Waals surface area contributed by atoms with Crippen LogP contribution in [0.3, 0.4) is 0 Å². The molecule has 2 aromatic carbocycles. The number of nitrogens with zero attached hydrogens (tertiary/aromatic N) is 1. The number of carbonyl (C=O) groups is 1. The number of carbonyl (C=O) groups excluding carboxylic acids is 1. The highest BCUT2D eigenvalue weighted by Crippen LogP contribution is 2.48. The molecule has 1 N–H and O–H groups in total. The van der Waals surface area contributed by atoms with Gasteiger partial charge in [-0.15, -0.1) is 0 Å². The van der Waals surface area contributed by atoms with Crippen molar-refractivity contribution >= 4 is 42.4 Å². The van der Waals surface area contributed by atoms with Crippen LogP contribution in [-0.2, 0) is 14.6 Å². The average molecular weight is 372 g/mol. The van der Waals surface area contributed by atoms with Gasteiger partial charge in [0.2, 0.25) is 5.91 Å². The van der Waals surface area contributed by atoms with Crippen molar-refractivity contribution in [2.45, 2.75) is 17.2 Å². The summed E-state index contributed by atoms with van der Waals surface area (Å²) in [6.07, 6.45) is 2.02. The molecule has 128 valence electrons. The van der Waals surface area contributed by atoms with Gasteiger partial charge in [0.15, 0.2) is 15.0 Å². The molecule has 0 radical (unpaired) electrons. The lowest BCUT2D eigenvalue weighted by Crippen LogP contribution is -2.14. The molecule has 2 atom stereocenters. The minimum atomic E-state index is -3.26. The number of benzene rings is 2. The van der Waals surface area contributed by atoms with Crippen molar-refractivity contribution in [3.63, 3.8) is 0 Å². The maximum absolute atomic E-state index is 12.4. The highest BCUT2D eigenvalue weighted by Gasteiger charge is 2.44. The number of thiazole rings is 1. The summed E-state index contributed by atoms with van der Waals surface area (Å²) in [5, 5.41) is 3.37. The first-order valence-corrected chi connectivity index (χ1v) is 10.6. The topological polar surface area (TPSA) is 76.1 Å². The van der Waals surface area contributed by atoms with Crippen LogP contribution in [0.25, 0.3) is 10.2 Å². The summed E-state index contributed by atoms with van der Waals surface area (Å²) in [7, 11) is -3.26. The molecule has 1 saturated carbocycles. The van der Waals surface area contributed by atoms with E-state index in [1.165, 1.54) is 29.2 Å². The summed E-state index contributed by atoms with van der Waals surface area (Å²) in [5.74, 6) is 0.213. The molecule has 4 rings (SSSR count). The van der Waals surface area contributed by atoms with Crippen LogP contribution in [0.4, 0.5) is 5.13 Å². The molecule has 0 bridgehead atoms. The number of hydrogen-bond acceptors (Lipinski definition) is 5. The Kier molecular flexibility index (Phi) is 3.85. The molecule has 1 amide bonds. The van der Waals surface area contributed by atoms with Crippen LogP contribution in [0.2, 0.25) is 0 Å². The van der Waals surface area contributed by atoms with Crippen LogP contribution < -0.4 is 5.32 Å².